The topological polar surface area (TPSA) is 90.0 Å². The molecule has 0 saturated carbocycles. The van der Waals surface area contributed by atoms with Gasteiger partial charge in [0.15, 0.2) is 0 Å². The van der Waals surface area contributed by atoms with E-state index in [0.717, 1.165) is 18.5 Å². The maximum Gasteiger partial charge on any atom is 0.261 e. The Balaban J connectivity index is 1.63. The van der Waals surface area contributed by atoms with Gasteiger partial charge in [-0.25, -0.2) is 8.42 Å². The van der Waals surface area contributed by atoms with Crippen molar-refractivity contribution in [2.24, 2.45) is 0 Å². The van der Waals surface area contributed by atoms with Gasteiger partial charge in [0.2, 0.25) is 5.91 Å². The van der Waals surface area contributed by atoms with Crippen LogP contribution in [0.4, 0.5) is 5.69 Å². The van der Waals surface area contributed by atoms with Crippen molar-refractivity contribution in [3.63, 3.8) is 0 Å². The largest absolute Gasteiger partial charge is 0.348 e. The molecule has 9 heteroatoms. The summed E-state index contributed by atoms with van der Waals surface area (Å²) in [6, 6.07) is 13.1. The van der Waals surface area contributed by atoms with E-state index >= 15 is 0 Å². The Kier molecular flexibility index (Phi) is 7.52. The minimum absolute atomic E-state index is 0.0424. The molecule has 32 heavy (non-hydrogen) atoms. The van der Waals surface area contributed by atoms with Crippen LogP contribution in [-0.4, -0.2) is 81.8 Å². The lowest BCUT2D eigenvalue weighted by Gasteiger charge is -2.23. The van der Waals surface area contributed by atoms with Crippen molar-refractivity contribution < 1.29 is 18.0 Å². The normalized spacial score (nSPS) is 15.2. The molecule has 0 radical (unpaired) electrons. The molecule has 3 rings (SSSR count). The third-order valence-corrected chi connectivity index (χ3v) is 6.85. The Bertz CT molecular complexity index is 1050. The van der Waals surface area contributed by atoms with E-state index in [9.17, 15) is 18.0 Å². The van der Waals surface area contributed by atoms with E-state index in [4.69, 9.17) is 0 Å². The van der Waals surface area contributed by atoms with Crippen molar-refractivity contribution in [3.05, 3.63) is 59.7 Å². The Labute approximate surface area is 189 Å². The van der Waals surface area contributed by atoms with Crippen LogP contribution in [0.3, 0.4) is 0 Å². The molecule has 0 aromatic heterocycles. The number of aryl methyl sites for hydroxylation is 1. The average molecular weight is 459 g/mol. The summed E-state index contributed by atoms with van der Waals surface area (Å²) in [5.41, 5.74) is 1.96. The second-order valence-corrected chi connectivity index (χ2v) is 9.89. The number of nitrogens with one attached hydrogen (secondary N) is 1. The third-order valence-electron chi connectivity index (χ3n) is 5.45. The second-order valence-electron chi connectivity index (χ2n) is 8.21. The zero-order valence-electron chi connectivity index (χ0n) is 18.7. The number of sulfonamides is 1. The number of likely N-dealkylation sites (N-methyl/N-ethyl adjacent to an activating group) is 1. The Morgan fingerprint density at radius 3 is 2.22 bits per heavy atom. The number of anilines is 1. The van der Waals surface area contributed by atoms with Crippen molar-refractivity contribution in [3.8, 4) is 0 Å². The van der Waals surface area contributed by atoms with Crippen LogP contribution in [0.25, 0.3) is 0 Å². The van der Waals surface area contributed by atoms with Gasteiger partial charge in [0, 0.05) is 51.5 Å². The predicted molar refractivity (Wildman–Crippen MR) is 124 cm³/mol. The SMILES string of the molecule is Cc1ccc(NS(=O)(=O)c2ccc(C(=O)N3CCCN(CC(=O)N(C)C)CC3)cc2)cc1. The van der Waals surface area contributed by atoms with Gasteiger partial charge in [-0.2, -0.15) is 0 Å². The highest BCUT2D eigenvalue weighted by Gasteiger charge is 2.22. The first-order valence-corrected chi connectivity index (χ1v) is 12.1. The van der Waals surface area contributed by atoms with E-state index in [1.54, 1.807) is 48.2 Å². The van der Waals surface area contributed by atoms with Gasteiger partial charge < -0.3 is 9.80 Å². The smallest absolute Gasteiger partial charge is 0.261 e. The fourth-order valence-electron chi connectivity index (χ4n) is 3.46. The molecule has 0 bridgehead atoms. The minimum Gasteiger partial charge on any atom is -0.348 e. The van der Waals surface area contributed by atoms with Crippen molar-refractivity contribution in [1.29, 1.82) is 0 Å². The first-order chi connectivity index (χ1) is 15.2. The first-order valence-electron chi connectivity index (χ1n) is 10.6. The van der Waals surface area contributed by atoms with Gasteiger partial charge in [-0.3, -0.25) is 19.2 Å². The molecule has 1 aliphatic heterocycles. The fraction of sp³-hybridized carbons (Fsp3) is 0.391. The number of nitrogens with zero attached hydrogens (tertiary/aromatic N) is 3. The van der Waals surface area contributed by atoms with Crippen LogP contribution in [0, 0.1) is 6.92 Å². The van der Waals surface area contributed by atoms with Crippen LogP contribution >= 0.6 is 0 Å². The third kappa shape index (κ3) is 6.08. The van der Waals surface area contributed by atoms with Crippen molar-refractivity contribution in [1.82, 2.24) is 14.7 Å². The molecule has 0 atom stereocenters. The maximum atomic E-state index is 12.9. The molecule has 0 aliphatic carbocycles. The predicted octanol–water partition coefficient (Wildman–Crippen LogP) is 2.03. The summed E-state index contributed by atoms with van der Waals surface area (Å²) in [5, 5.41) is 0. The first kappa shape index (κ1) is 23.7. The van der Waals surface area contributed by atoms with Gasteiger partial charge >= 0.3 is 0 Å². The summed E-state index contributed by atoms with van der Waals surface area (Å²) in [7, 11) is -0.278. The molecular formula is C23H30N4O4S. The molecule has 1 N–H and O–H groups in total. The zero-order chi connectivity index (χ0) is 23.3. The number of benzene rings is 2. The van der Waals surface area contributed by atoms with Gasteiger partial charge in [-0.05, 0) is 49.7 Å². The fourth-order valence-corrected chi connectivity index (χ4v) is 4.52. The number of carbonyl (C=O) groups is 2. The van der Waals surface area contributed by atoms with Crippen molar-refractivity contribution in [2.45, 2.75) is 18.2 Å². The van der Waals surface area contributed by atoms with Crippen molar-refractivity contribution >= 4 is 27.5 Å². The van der Waals surface area contributed by atoms with E-state index in [-0.39, 0.29) is 16.7 Å². The van der Waals surface area contributed by atoms with E-state index in [2.05, 4.69) is 9.62 Å². The molecule has 8 nitrogen and oxygen atoms in total. The number of rotatable bonds is 6. The quantitative estimate of drug-likeness (QED) is 0.716. The molecule has 0 spiro atoms. The summed E-state index contributed by atoms with van der Waals surface area (Å²) in [6.07, 6.45) is 0.777. The number of amides is 2. The molecule has 2 amide bonds. The summed E-state index contributed by atoms with van der Waals surface area (Å²) < 4.78 is 27.8. The van der Waals surface area contributed by atoms with E-state index < -0.39 is 10.0 Å². The van der Waals surface area contributed by atoms with Crippen LogP contribution in [0.2, 0.25) is 0 Å². The number of hydrogen-bond donors (Lipinski definition) is 1. The average Bonchev–Trinajstić information content (AvgIpc) is 3.00. The van der Waals surface area contributed by atoms with Gasteiger partial charge in [-0.15, -0.1) is 0 Å². The Morgan fingerprint density at radius 2 is 1.59 bits per heavy atom. The Morgan fingerprint density at radius 1 is 0.938 bits per heavy atom. The van der Waals surface area contributed by atoms with Crippen LogP contribution in [-0.2, 0) is 14.8 Å². The lowest BCUT2D eigenvalue weighted by Crippen LogP contribution is -2.39. The van der Waals surface area contributed by atoms with Gasteiger partial charge in [-0.1, -0.05) is 17.7 Å². The summed E-state index contributed by atoms with van der Waals surface area (Å²) in [4.78, 5) is 30.4. The molecule has 1 fully saturated rings. The van der Waals surface area contributed by atoms with E-state index in [0.29, 0.717) is 37.4 Å². The minimum atomic E-state index is -3.74. The number of carbonyl (C=O) groups excluding carboxylic acids is 2. The van der Waals surface area contributed by atoms with Gasteiger partial charge in [0.05, 0.1) is 11.4 Å². The maximum absolute atomic E-state index is 12.9. The molecular weight excluding hydrogens is 428 g/mol. The van der Waals surface area contributed by atoms with E-state index in [1.165, 1.54) is 12.1 Å². The van der Waals surface area contributed by atoms with Crippen molar-refractivity contribution in [2.75, 3.05) is 51.5 Å². The number of hydrogen-bond acceptors (Lipinski definition) is 5. The highest BCUT2D eigenvalue weighted by molar-refractivity contribution is 7.92. The summed E-state index contributed by atoms with van der Waals surface area (Å²) in [5.74, 6) is -0.0953. The molecule has 2 aromatic rings. The van der Waals surface area contributed by atoms with Crippen LogP contribution in [0.1, 0.15) is 22.3 Å². The van der Waals surface area contributed by atoms with Crippen LogP contribution in [0.5, 0.6) is 0 Å². The summed E-state index contributed by atoms with van der Waals surface area (Å²) in [6.45, 7) is 4.77. The van der Waals surface area contributed by atoms with Crippen LogP contribution in [0.15, 0.2) is 53.4 Å². The van der Waals surface area contributed by atoms with Gasteiger partial charge in [0.25, 0.3) is 15.9 Å². The van der Waals surface area contributed by atoms with Gasteiger partial charge in [0.1, 0.15) is 0 Å². The monoisotopic (exact) mass is 458 g/mol. The molecule has 0 unspecified atom stereocenters. The molecule has 2 aromatic carbocycles. The molecule has 172 valence electrons. The van der Waals surface area contributed by atoms with E-state index in [1.807, 2.05) is 19.1 Å². The lowest BCUT2D eigenvalue weighted by molar-refractivity contribution is -0.129. The molecule has 1 saturated heterocycles. The second kappa shape index (κ2) is 10.1. The highest BCUT2D eigenvalue weighted by Crippen LogP contribution is 2.18. The lowest BCUT2D eigenvalue weighted by atomic mass is 10.2. The summed E-state index contributed by atoms with van der Waals surface area (Å²) >= 11 is 0. The Hall–Kier alpha value is -2.91. The zero-order valence-corrected chi connectivity index (χ0v) is 19.6. The molecule has 1 aliphatic rings. The highest BCUT2D eigenvalue weighted by atomic mass is 32.2. The van der Waals surface area contributed by atoms with Crippen LogP contribution < -0.4 is 4.72 Å². The molecule has 1 heterocycles. The standard InChI is InChI=1S/C23H30N4O4S/c1-18-5-9-20(10-6-18)24-32(30,31)21-11-7-19(8-12-21)23(29)27-14-4-13-26(15-16-27)17-22(28)25(2)3/h5-12,24H,4,13-17H2,1-3H3.